The molecular weight excluding hydrogens is 450 g/mol. The molecule has 7 aromatic rings. The number of nitrogens with zero attached hydrogens (tertiary/aromatic N) is 3. The predicted molar refractivity (Wildman–Crippen MR) is 153 cm³/mol. The average molecular weight is 474 g/mol. The van der Waals surface area contributed by atoms with Gasteiger partial charge in [0.1, 0.15) is 0 Å². The van der Waals surface area contributed by atoms with Crippen molar-refractivity contribution in [3.05, 3.63) is 115 Å². The molecule has 3 heterocycles. The second-order valence-corrected chi connectivity index (χ2v) is 10.5. The van der Waals surface area contributed by atoms with Gasteiger partial charge in [0.15, 0.2) is 0 Å². The summed E-state index contributed by atoms with van der Waals surface area (Å²) in [5, 5.41) is 5.87. The Bertz CT molecular complexity index is 2070. The molecule has 3 aromatic heterocycles. The first-order valence-corrected chi connectivity index (χ1v) is 12.7. The van der Waals surface area contributed by atoms with Gasteiger partial charge in [0.25, 0.3) is 0 Å². The van der Waals surface area contributed by atoms with Crippen molar-refractivity contribution in [2.24, 2.45) is 0 Å². The maximum atomic E-state index is 5.31. The molecule has 37 heavy (non-hydrogen) atoms. The number of rotatable bonds is 1. The summed E-state index contributed by atoms with van der Waals surface area (Å²) < 4.78 is 0. The van der Waals surface area contributed by atoms with Gasteiger partial charge < -0.3 is 0 Å². The van der Waals surface area contributed by atoms with Gasteiger partial charge in [-0.3, -0.25) is 9.97 Å². The monoisotopic (exact) mass is 473 g/mol. The molecule has 0 bridgehead atoms. The summed E-state index contributed by atoms with van der Waals surface area (Å²) in [5.41, 5.74) is 9.81. The maximum absolute atomic E-state index is 5.31. The second kappa shape index (κ2) is 7.21. The van der Waals surface area contributed by atoms with Crippen molar-refractivity contribution in [1.29, 1.82) is 0 Å². The van der Waals surface area contributed by atoms with E-state index in [4.69, 9.17) is 9.97 Å². The highest BCUT2D eigenvalue weighted by Crippen LogP contribution is 2.52. The van der Waals surface area contributed by atoms with Gasteiger partial charge in [-0.05, 0) is 63.4 Å². The highest BCUT2D eigenvalue weighted by Gasteiger charge is 2.39. The van der Waals surface area contributed by atoms with Gasteiger partial charge in [-0.1, -0.05) is 74.5 Å². The van der Waals surface area contributed by atoms with E-state index in [2.05, 4.69) is 97.7 Å². The largest absolute Gasteiger partial charge is 0.256 e. The lowest BCUT2D eigenvalue weighted by molar-refractivity contribution is 0.660. The van der Waals surface area contributed by atoms with Crippen LogP contribution < -0.4 is 0 Å². The Labute approximate surface area is 214 Å². The van der Waals surface area contributed by atoms with Crippen LogP contribution in [0.25, 0.3) is 65.9 Å². The smallest absolute Gasteiger partial charge is 0.0972 e. The van der Waals surface area contributed by atoms with Crippen LogP contribution in [0, 0.1) is 0 Å². The van der Waals surface area contributed by atoms with Crippen LogP contribution >= 0.6 is 0 Å². The number of pyridine rings is 3. The summed E-state index contributed by atoms with van der Waals surface area (Å²) >= 11 is 0. The first-order valence-electron chi connectivity index (χ1n) is 12.7. The van der Waals surface area contributed by atoms with Crippen molar-refractivity contribution in [2.75, 3.05) is 0 Å². The molecule has 0 spiro atoms. The van der Waals surface area contributed by atoms with E-state index in [0.717, 1.165) is 44.0 Å². The summed E-state index contributed by atoms with van der Waals surface area (Å²) in [4.78, 5) is 15.0. The normalized spacial score (nSPS) is 13.9. The molecule has 174 valence electrons. The van der Waals surface area contributed by atoms with E-state index in [9.17, 15) is 0 Å². The summed E-state index contributed by atoms with van der Waals surface area (Å²) in [6.07, 6.45) is 3.75. The third-order valence-electron chi connectivity index (χ3n) is 8.09. The third kappa shape index (κ3) is 2.80. The quantitative estimate of drug-likeness (QED) is 0.225. The summed E-state index contributed by atoms with van der Waals surface area (Å²) in [7, 11) is 0. The molecule has 0 N–H and O–H groups in total. The minimum absolute atomic E-state index is 0.206. The Balaban J connectivity index is 1.47. The van der Waals surface area contributed by atoms with Crippen molar-refractivity contribution < 1.29 is 0 Å². The second-order valence-electron chi connectivity index (χ2n) is 10.5. The van der Waals surface area contributed by atoms with Crippen molar-refractivity contribution in [3.63, 3.8) is 0 Å². The van der Waals surface area contributed by atoms with Gasteiger partial charge in [-0.25, -0.2) is 4.98 Å². The zero-order chi connectivity index (χ0) is 24.7. The molecule has 0 fully saturated rings. The lowest BCUT2D eigenvalue weighted by atomic mass is 9.80. The standard InChI is InChI=1S/C34H23N3/c1-34(2)27-19-26(23-13-11-20-7-3-4-8-22(20)17-23)25-10-6-16-36-32(25)29(27)33-28(34)18-24-14-12-21-9-5-15-35-30(21)31(24)37-33/h3-19H,1-2H3. The Morgan fingerprint density at radius 3 is 2.19 bits per heavy atom. The van der Waals surface area contributed by atoms with Crippen LogP contribution in [-0.4, -0.2) is 15.0 Å². The Hall–Kier alpha value is -4.63. The van der Waals surface area contributed by atoms with Gasteiger partial charge in [-0.15, -0.1) is 0 Å². The molecule has 0 aliphatic heterocycles. The first-order chi connectivity index (χ1) is 18.1. The van der Waals surface area contributed by atoms with Crippen LogP contribution in [0.1, 0.15) is 25.0 Å². The van der Waals surface area contributed by atoms with Crippen LogP contribution in [0.4, 0.5) is 0 Å². The van der Waals surface area contributed by atoms with Crippen molar-refractivity contribution in [2.45, 2.75) is 19.3 Å². The lowest BCUT2D eigenvalue weighted by Gasteiger charge is -2.22. The van der Waals surface area contributed by atoms with Crippen molar-refractivity contribution in [3.8, 4) is 22.4 Å². The highest BCUT2D eigenvalue weighted by molar-refractivity contribution is 6.10. The van der Waals surface area contributed by atoms with E-state index in [1.54, 1.807) is 0 Å². The number of hydrogen-bond acceptors (Lipinski definition) is 3. The van der Waals surface area contributed by atoms with Crippen LogP contribution in [0.15, 0.2) is 103 Å². The molecule has 0 atom stereocenters. The Morgan fingerprint density at radius 2 is 1.30 bits per heavy atom. The third-order valence-corrected chi connectivity index (χ3v) is 8.09. The van der Waals surface area contributed by atoms with E-state index in [1.165, 1.54) is 33.0 Å². The van der Waals surface area contributed by atoms with E-state index >= 15 is 0 Å². The fourth-order valence-electron chi connectivity index (χ4n) is 6.16. The predicted octanol–water partition coefficient (Wildman–Crippen LogP) is 8.46. The van der Waals surface area contributed by atoms with E-state index in [1.807, 2.05) is 24.5 Å². The molecule has 1 aliphatic carbocycles. The topological polar surface area (TPSA) is 38.7 Å². The first kappa shape index (κ1) is 20.6. The zero-order valence-corrected chi connectivity index (χ0v) is 20.7. The molecule has 3 nitrogen and oxygen atoms in total. The minimum atomic E-state index is -0.206. The summed E-state index contributed by atoms with van der Waals surface area (Å²) in [6, 6.07) is 32.6. The van der Waals surface area contributed by atoms with Crippen molar-refractivity contribution >= 4 is 43.5 Å². The number of hydrogen-bond donors (Lipinski definition) is 0. The van der Waals surface area contributed by atoms with Gasteiger partial charge in [0.05, 0.1) is 22.2 Å². The highest BCUT2D eigenvalue weighted by atomic mass is 14.8. The molecule has 3 heteroatoms. The van der Waals surface area contributed by atoms with E-state index in [0.29, 0.717) is 0 Å². The molecule has 0 unspecified atom stereocenters. The SMILES string of the molecule is CC1(C)c2cc3ccc4cccnc4c3nc2-c2c1cc(-c1ccc3ccccc3c1)c1cccnc21. The fraction of sp³-hybridized carbons (Fsp3) is 0.0882. The molecular formula is C34H23N3. The number of benzene rings is 4. The Morgan fingerprint density at radius 1 is 0.568 bits per heavy atom. The van der Waals surface area contributed by atoms with Gasteiger partial charge in [0, 0.05) is 39.5 Å². The molecule has 0 saturated heterocycles. The molecule has 8 rings (SSSR count). The van der Waals surface area contributed by atoms with Crippen molar-refractivity contribution in [1.82, 2.24) is 15.0 Å². The number of aromatic nitrogens is 3. The summed E-state index contributed by atoms with van der Waals surface area (Å²) in [5.74, 6) is 0. The Kier molecular flexibility index (Phi) is 4.00. The molecule has 4 aromatic carbocycles. The fourth-order valence-corrected chi connectivity index (χ4v) is 6.16. The van der Waals surface area contributed by atoms with Gasteiger partial charge >= 0.3 is 0 Å². The van der Waals surface area contributed by atoms with Gasteiger partial charge in [0.2, 0.25) is 0 Å². The van der Waals surface area contributed by atoms with E-state index < -0.39 is 0 Å². The molecule has 0 amide bonds. The van der Waals surface area contributed by atoms with Crippen LogP contribution in [0.5, 0.6) is 0 Å². The number of fused-ring (bicyclic) bond motifs is 9. The maximum Gasteiger partial charge on any atom is 0.0972 e. The van der Waals surface area contributed by atoms with Crippen LogP contribution in [0.2, 0.25) is 0 Å². The molecule has 1 aliphatic rings. The van der Waals surface area contributed by atoms with Crippen LogP contribution in [0.3, 0.4) is 0 Å². The van der Waals surface area contributed by atoms with Gasteiger partial charge in [-0.2, -0.15) is 0 Å². The summed E-state index contributed by atoms with van der Waals surface area (Å²) in [6.45, 7) is 4.62. The van der Waals surface area contributed by atoms with E-state index in [-0.39, 0.29) is 5.41 Å². The lowest BCUT2D eigenvalue weighted by Crippen LogP contribution is -2.15. The molecule has 0 saturated carbocycles. The zero-order valence-electron chi connectivity index (χ0n) is 20.7. The average Bonchev–Trinajstić information content (AvgIpc) is 3.17. The minimum Gasteiger partial charge on any atom is -0.256 e. The molecule has 0 radical (unpaired) electrons. The van der Waals surface area contributed by atoms with Crippen LogP contribution in [-0.2, 0) is 5.41 Å².